The SMILES string of the molecule is COC(=O)CC1C(=O)NCCN1C(=O)CCc1ccc2c(c1)OCO2. The van der Waals surface area contributed by atoms with Crippen LogP contribution in [0.25, 0.3) is 0 Å². The molecule has 2 aliphatic heterocycles. The monoisotopic (exact) mass is 348 g/mol. The summed E-state index contributed by atoms with van der Waals surface area (Å²) in [5.74, 6) is 0.358. The fraction of sp³-hybridized carbons (Fsp3) is 0.471. The van der Waals surface area contributed by atoms with E-state index in [-0.39, 0.29) is 31.4 Å². The van der Waals surface area contributed by atoms with E-state index in [9.17, 15) is 14.4 Å². The number of piperazine rings is 1. The van der Waals surface area contributed by atoms with Crippen molar-refractivity contribution in [2.75, 3.05) is 27.0 Å². The van der Waals surface area contributed by atoms with Crippen LogP contribution in [0.1, 0.15) is 18.4 Å². The Hall–Kier alpha value is -2.77. The first kappa shape index (κ1) is 17.1. The standard InChI is InChI=1S/C17H20N2O6/c1-23-16(21)9-12-17(22)18-6-7-19(12)15(20)5-3-11-2-4-13-14(8-11)25-10-24-13/h2,4,8,12H,3,5-7,9-10H2,1H3,(H,18,22). The van der Waals surface area contributed by atoms with Gasteiger partial charge in [0, 0.05) is 19.5 Å². The number of hydrogen-bond acceptors (Lipinski definition) is 6. The van der Waals surface area contributed by atoms with Crippen LogP contribution < -0.4 is 14.8 Å². The van der Waals surface area contributed by atoms with Crippen LogP contribution in [-0.2, 0) is 25.5 Å². The third-order valence-electron chi connectivity index (χ3n) is 4.30. The fourth-order valence-corrected chi connectivity index (χ4v) is 2.95. The highest BCUT2D eigenvalue weighted by atomic mass is 16.7. The van der Waals surface area contributed by atoms with E-state index in [1.165, 1.54) is 12.0 Å². The van der Waals surface area contributed by atoms with Crippen molar-refractivity contribution in [3.63, 3.8) is 0 Å². The first-order chi connectivity index (χ1) is 12.1. The molecule has 0 radical (unpaired) electrons. The Morgan fingerprint density at radius 2 is 2.12 bits per heavy atom. The summed E-state index contributed by atoms with van der Waals surface area (Å²) in [6.07, 6.45) is 0.612. The van der Waals surface area contributed by atoms with Gasteiger partial charge in [-0.15, -0.1) is 0 Å². The zero-order valence-corrected chi connectivity index (χ0v) is 13.9. The molecule has 0 aliphatic carbocycles. The number of methoxy groups -OCH3 is 1. The molecule has 0 bridgehead atoms. The number of nitrogens with one attached hydrogen (secondary N) is 1. The van der Waals surface area contributed by atoms with Crippen molar-refractivity contribution in [3.8, 4) is 11.5 Å². The number of carbonyl (C=O) groups is 3. The summed E-state index contributed by atoms with van der Waals surface area (Å²) >= 11 is 0. The molecule has 1 aromatic carbocycles. The van der Waals surface area contributed by atoms with Crippen molar-refractivity contribution in [1.29, 1.82) is 0 Å². The van der Waals surface area contributed by atoms with Gasteiger partial charge in [0.1, 0.15) is 6.04 Å². The van der Waals surface area contributed by atoms with Gasteiger partial charge in [0.15, 0.2) is 11.5 Å². The quantitative estimate of drug-likeness (QED) is 0.766. The van der Waals surface area contributed by atoms with E-state index in [0.29, 0.717) is 31.0 Å². The number of ether oxygens (including phenoxy) is 3. The van der Waals surface area contributed by atoms with Gasteiger partial charge in [-0.3, -0.25) is 14.4 Å². The summed E-state index contributed by atoms with van der Waals surface area (Å²) in [4.78, 5) is 37.6. The molecular weight excluding hydrogens is 328 g/mol. The third-order valence-corrected chi connectivity index (χ3v) is 4.30. The largest absolute Gasteiger partial charge is 0.469 e. The van der Waals surface area contributed by atoms with E-state index in [1.807, 2.05) is 18.2 Å². The predicted molar refractivity (Wildman–Crippen MR) is 86.0 cm³/mol. The molecule has 0 aromatic heterocycles. The lowest BCUT2D eigenvalue weighted by atomic mass is 10.1. The van der Waals surface area contributed by atoms with Gasteiger partial charge < -0.3 is 24.4 Å². The molecule has 134 valence electrons. The molecule has 1 unspecified atom stereocenters. The Morgan fingerprint density at radius 3 is 2.92 bits per heavy atom. The van der Waals surface area contributed by atoms with Crippen LogP contribution in [0.3, 0.4) is 0 Å². The minimum atomic E-state index is -0.814. The molecule has 2 aliphatic rings. The molecule has 1 fully saturated rings. The van der Waals surface area contributed by atoms with E-state index < -0.39 is 12.0 Å². The molecule has 1 aromatic rings. The highest BCUT2D eigenvalue weighted by Crippen LogP contribution is 2.32. The molecule has 2 amide bonds. The van der Waals surface area contributed by atoms with Gasteiger partial charge in [-0.25, -0.2) is 0 Å². The van der Waals surface area contributed by atoms with Gasteiger partial charge in [-0.1, -0.05) is 6.07 Å². The van der Waals surface area contributed by atoms with Crippen molar-refractivity contribution in [2.24, 2.45) is 0 Å². The second-order valence-corrected chi connectivity index (χ2v) is 5.86. The number of fused-ring (bicyclic) bond motifs is 1. The van der Waals surface area contributed by atoms with Gasteiger partial charge in [0.25, 0.3) is 0 Å². The van der Waals surface area contributed by atoms with Crippen LogP contribution in [0.5, 0.6) is 11.5 Å². The van der Waals surface area contributed by atoms with Crippen LogP contribution in [0.15, 0.2) is 18.2 Å². The van der Waals surface area contributed by atoms with Gasteiger partial charge in [0.2, 0.25) is 18.6 Å². The molecule has 8 heteroatoms. The summed E-state index contributed by atoms with van der Waals surface area (Å²) in [7, 11) is 1.26. The summed E-state index contributed by atoms with van der Waals surface area (Å²) in [6, 6.07) is 4.74. The van der Waals surface area contributed by atoms with E-state index in [4.69, 9.17) is 9.47 Å². The van der Waals surface area contributed by atoms with Gasteiger partial charge in [0.05, 0.1) is 13.5 Å². The Balaban J connectivity index is 1.62. The second kappa shape index (κ2) is 7.42. The molecule has 0 saturated carbocycles. The number of carbonyl (C=O) groups excluding carboxylic acids is 3. The van der Waals surface area contributed by atoms with Crippen molar-refractivity contribution < 1.29 is 28.6 Å². The Morgan fingerprint density at radius 1 is 1.32 bits per heavy atom. The number of nitrogens with zero attached hydrogens (tertiary/aromatic N) is 1. The van der Waals surface area contributed by atoms with Gasteiger partial charge >= 0.3 is 5.97 Å². The molecule has 3 rings (SSSR count). The lowest BCUT2D eigenvalue weighted by molar-refractivity contribution is -0.150. The first-order valence-corrected chi connectivity index (χ1v) is 8.11. The maximum absolute atomic E-state index is 12.6. The Bertz CT molecular complexity index is 690. The third kappa shape index (κ3) is 3.84. The number of benzene rings is 1. The van der Waals surface area contributed by atoms with E-state index in [0.717, 1.165) is 5.56 Å². The van der Waals surface area contributed by atoms with Crippen LogP contribution in [-0.4, -0.2) is 55.7 Å². The number of rotatable bonds is 5. The maximum atomic E-state index is 12.6. The van der Waals surface area contributed by atoms with Crippen molar-refractivity contribution >= 4 is 17.8 Å². The summed E-state index contributed by atoms with van der Waals surface area (Å²) in [5.41, 5.74) is 0.948. The number of amides is 2. The van der Waals surface area contributed by atoms with Gasteiger partial charge in [-0.2, -0.15) is 0 Å². The number of aryl methyl sites for hydroxylation is 1. The number of esters is 1. The van der Waals surface area contributed by atoms with Crippen molar-refractivity contribution in [2.45, 2.75) is 25.3 Å². The molecular formula is C17H20N2O6. The Labute approximate surface area is 145 Å². The maximum Gasteiger partial charge on any atom is 0.308 e. The molecule has 0 spiro atoms. The second-order valence-electron chi connectivity index (χ2n) is 5.86. The van der Waals surface area contributed by atoms with Crippen molar-refractivity contribution in [1.82, 2.24) is 10.2 Å². The minimum absolute atomic E-state index is 0.141. The average molecular weight is 348 g/mol. The van der Waals surface area contributed by atoms with Crippen molar-refractivity contribution in [3.05, 3.63) is 23.8 Å². The predicted octanol–water partition coefficient (Wildman–Crippen LogP) is 0.238. The molecule has 1 atom stereocenters. The lowest BCUT2D eigenvalue weighted by Gasteiger charge is -2.34. The number of hydrogen-bond donors (Lipinski definition) is 1. The van der Waals surface area contributed by atoms with E-state index >= 15 is 0 Å². The first-order valence-electron chi connectivity index (χ1n) is 8.11. The molecule has 8 nitrogen and oxygen atoms in total. The van der Waals surface area contributed by atoms with Crippen LogP contribution in [0.4, 0.5) is 0 Å². The van der Waals surface area contributed by atoms with E-state index in [2.05, 4.69) is 10.1 Å². The molecule has 25 heavy (non-hydrogen) atoms. The topological polar surface area (TPSA) is 94.2 Å². The van der Waals surface area contributed by atoms with Gasteiger partial charge in [-0.05, 0) is 24.1 Å². The molecule has 1 saturated heterocycles. The smallest absolute Gasteiger partial charge is 0.308 e. The zero-order valence-electron chi connectivity index (χ0n) is 13.9. The zero-order chi connectivity index (χ0) is 17.8. The highest BCUT2D eigenvalue weighted by Gasteiger charge is 2.34. The average Bonchev–Trinajstić information content (AvgIpc) is 3.09. The summed E-state index contributed by atoms with van der Waals surface area (Å²) in [5, 5.41) is 2.68. The normalized spacial score (nSPS) is 18.7. The van der Waals surface area contributed by atoms with Crippen LogP contribution in [0.2, 0.25) is 0 Å². The fourth-order valence-electron chi connectivity index (χ4n) is 2.95. The molecule has 2 heterocycles. The Kier molecular flexibility index (Phi) is 5.06. The lowest BCUT2D eigenvalue weighted by Crippen LogP contribution is -2.57. The highest BCUT2D eigenvalue weighted by molar-refractivity contribution is 5.92. The minimum Gasteiger partial charge on any atom is -0.469 e. The van der Waals surface area contributed by atoms with Crippen LogP contribution >= 0.6 is 0 Å². The summed E-state index contributed by atoms with van der Waals surface area (Å²) < 4.78 is 15.2. The van der Waals surface area contributed by atoms with Crippen LogP contribution in [0, 0.1) is 0 Å². The van der Waals surface area contributed by atoms with E-state index in [1.54, 1.807) is 0 Å². The molecule has 1 N–H and O–H groups in total. The summed E-state index contributed by atoms with van der Waals surface area (Å²) in [6.45, 7) is 0.968.